The fourth-order valence-corrected chi connectivity index (χ4v) is 2.92. The van der Waals surface area contributed by atoms with Crippen LogP contribution in [-0.2, 0) is 22.6 Å². The molecule has 148 valence electrons. The van der Waals surface area contributed by atoms with Crippen molar-refractivity contribution < 1.29 is 32.9 Å². The number of fused-ring (bicyclic) bond motifs is 1. The predicted octanol–water partition coefficient (Wildman–Crippen LogP) is 3.75. The molecule has 0 aliphatic rings. The van der Waals surface area contributed by atoms with Crippen molar-refractivity contribution in [2.45, 2.75) is 13.0 Å². The lowest BCUT2D eigenvalue weighted by molar-refractivity contribution is -0.144. The van der Waals surface area contributed by atoms with Gasteiger partial charge in [-0.25, -0.2) is 0 Å². The summed E-state index contributed by atoms with van der Waals surface area (Å²) in [5.74, 6) is 1.82. The summed E-state index contributed by atoms with van der Waals surface area (Å²) in [4.78, 5) is 12.3. The fraction of sp³-hybridized carbons (Fsp3) is 0.286. The normalized spacial score (nSPS) is 10.6. The molecule has 0 aliphatic heterocycles. The monoisotopic (exact) mass is 386 g/mol. The van der Waals surface area contributed by atoms with Crippen LogP contribution in [0.25, 0.3) is 11.0 Å². The first-order valence-electron chi connectivity index (χ1n) is 8.58. The molecule has 1 heterocycles. The Labute approximate surface area is 162 Å². The van der Waals surface area contributed by atoms with E-state index in [1.165, 1.54) is 21.3 Å². The molecule has 7 heteroatoms. The standard InChI is InChI=1S/C21H22O7/c1-23-15-5-6-16-14(12-27-17(16)10-15)9-20(22)28-11-13-7-18(24-2)21(26-4)19(8-13)25-3/h5-8,10,12H,9,11H2,1-4H3. The van der Waals surface area contributed by atoms with E-state index in [0.717, 1.165) is 16.5 Å². The third-order valence-electron chi connectivity index (χ3n) is 4.32. The summed E-state index contributed by atoms with van der Waals surface area (Å²) in [6.07, 6.45) is 1.66. The number of ether oxygens (including phenoxy) is 5. The Balaban J connectivity index is 1.69. The van der Waals surface area contributed by atoms with Crippen molar-refractivity contribution >= 4 is 16.9 Å². The SMILES string of the molecule is COc1ccc2c(CC(=O)OCc3cc(OC)c(OC)c(OC)c3)coc2c1. The second-order valence-corrected chi connectivity index (χ2v) is 5.99. The predicted molar refractivity (Wildman–Crippen MR) is 102 cm³/mol. The van der Waals surface area contributed by atoms with Crippen LogP contribution in [0.1, 0.15) is 11.1 Å². The number of carbonyl (C=O) groups is 1. The van der Waals surface area contributed by atoms with Gasteiger partial charge in [0.25, 0.3) is 0 Å². The summed E-state index contributed by atoms with van der Waals surface area (Å²) in [5, 5.41) is 0.852. The zero-order chi connectivity index (χ0) is 20.1. The first-order valence-corrected chi connectivity index (χ1v) is 8.58. The fourth-order valence-electron chi connectivity index (χ4n) is 2.92. The Morgan fingerprint density at radius 3 is 2.25 bits per heavy atom. The number of esters is 1. The summed E-state index contributed by atoms with van der Waals surface area (Å²) in [5.41, 5.74) is 2.14. The van der Waals surface area contributed by atoms with Crippen molar-refractivity contribution in [1.82, 2.24) is 0 Å². The van der Waals surface area contributed by atoms with Gasteiger partial charge in [0.15, 0.2) is 11.5 Å². The van der Waals surface area contributed by atoms with Gasteiger partial charge in [0, 0.05) is 17.0 Å². The van der Waals surface area contributed by atoms with Gasteiger partial charge in [-0.05, 0) is 29.8 Å². The summed E-state index contributed by atoms with van der Waals surface area (Å²) in [6, 6.07) is 8.95. The zero-order valence-electron chi connectivity index (χ0n) is 16.2. The van der Waals surface area contributed by atoms with Gasteiger partial charge in [-0.1, -0.05) is 0 Å². The molecule has 7 nitrogen and oxygen atoms in total. The molecule has 0 atom stereocenters. The van der Waals surface area contributed by atoms with E-state index in [-0.39, 0.29) is 19.0 Å². The van der Waals surface area contributed by atoms with Gasteiger partial charge < -0.3 is 28.1 Å². The van der Waals surface area contributed by atoms with Crippen LogP contribution in [0.4, 0.5) is 0 Å². The van der Waals surface area contributed by atoms with E-state index in [0.29, 0.717) is 28.6 Å². The van der Waals surface area contributed by atoms with Crippen LogP contribution in [0, 0.1) is 0 Å². The van der Waals surface area contributed by atoms with Gasteiger partial charge in [0.05, 0.1) is 41.1 Å². The highest BCUT2D eigenvalue weighted by molar-refractivity contribution is 5.86. The topological polar surface area (TPSA) is 76.4 Å². The second kappa shape index (κ2) is 8.56. The largest absolute Gasteiger partial charge is 0.497 e. The lowest BCUT2D eigenvalue weighted by Crippen LogP contribution is -2.08. The molecule has 2 aromatic carbocycles. The smallest absolute Gasteiger partial charge is 0.310 e. The van der Waals surface area contributed by atoms with Crippen LogP contribution in [0.5, 0.6) is 23.0 Å². The Bertz CT molecular complexity index is 949. The highest BCUT2D eigenvalue weighted by atomic mass is 16.5. The molecule has 0 bridgehead atoms. The molecule has 1 aromatic heterocycles. The molecular weight excluding hydrogens is 364 g/mol. The maximum absolute atomic E-state index is 12.3. The molecule has 0 unspecified atom stereocenters. The Kier molecular flexibility index (Phi) is 5.93. The van der Waals surface area contributed by atoms with Crippen LogP contribution in [0.15, 0.2) is 41.0 Å². The summed E-state index contributed by atoms with van der Waals surface area (Å²) < 4.78 is 32.0. The second-order valence-electron chi connectivity index (χ2n) is 5.99. The number of benzene rings is 2. The molecule has 0 radical (unpaired) electrons. The highest BCUT2D eigenvalue weighted by Crippen LogP contribution is 2.38. The summed E-state index contributed by atoms with van der Waals surface area (Å²) >= 11 is 0. The summed E-state index contributed by atoms with van der Waals surface area (Å²) in [7, 11) is 6.19. The third-order valence-corrected chi connectivity index (χ3v) is 4.32. The Morgan fingerprint density at radius 1 is 0.929 bits per heavy atom. The van der Waals surface area contributed by atoms with Crippen molar-refractivity contribution in [3.05, 3.63) is 47.7 Å². The molecular formula is C21H22O7. The van der Waals surface area contributed by atoms with Crippen molar-refractivity contribution in [3.63, 3.8) is 0 Å². The van der Waals surface area contributed by atoms with Gasteiger partial charge >= 0.3 is 5.97 Å². The number of furan rings is 1. The molecule has 0 N–H and O–H groups in total. The summed E-state index contributed by atoms with van der Waals surface area (Å²) in [6.45, 7) is 0.0825. The molecule has 0 aliphatic carbocycles. The van der Waals surface area contributed by atoms with Crippen LogP contribution in [-0.4, -0.2) is 34.4 Å². The number of hydrogen-bond acceptors (Lipinski definition) is 7. The average Bonchev–Trinajstić information content (AvgIpc) is 3.12. The van der Waals surface area contributed by atoms with E-state index in [9.17, 15) is 4.79 Å². The van der Waals surface area contributed by atoms with E-state index < -0.39 is 0 Å². The van der Waals surface area contributed by atoms with E-state index in [2.05, 4.69) is 0 Å². The lowest BCUT2D eigenvalue weighted by atomic mass is 10.1. The first kappa shape index (κ1) is 19.4. The van der Waals surface area contributed by atoms with Crippen molar-refractivity contribution in [2.24, 2.45) is 0 Å². The Morgan fingerprint density at radius 2 is 1.64 bits per heavy atom. The molecule has 0 saturated carbocycles. The van der Waals surface area contributed by atoms with Crippen LogP contribution >= 0.6 is 0 Å². The highest BCUT2D eigenvalue weighted by Gasteiger charge is 2.16. The van der Waals surface area contributed by atoms with Crippen LogP contribution in [0.2, 0.25) is 0 Å². The minimum Gasteiger partial charge on any atom is -0.497 e. The number of rotatable bonds is 8. The van der Waals surface area contributed by atoms with E-state index in [1.54, 1.807) is 31.6 Å². The molecule has 0 saturated heterocycles. The van der Waals surface area contributed by atoms with Crippen molar-refractivity contribution in [3.8, 4) is 23.0 Å². The number of hydrogen-bond donors (Lipinski definition) is 0. The zero-order valence-corrected chi connectivity index (χ0v) is 16.2. The van der Waals surface area contributed by atoms with E-state index in [4.69, 9.17) is 28.1 Å². The quantitative estimate of drug-likeness (QED) is 0.546. The minimum absolute atomic E-state index is 0.0825. The number of methoxy groups -OCH3 is 4. The maximum Gasteiger partial charge on any atom is 0.310 e. The first-order chi connectivity index (χ1) is 13.6. The van der Waals surface area contributed by atoms with Gasteiger partial charge in [-0.3, -0.25) is 4.79 Å². The lowest BCUT2D eigenvalue weighted by Gasteiger charge is -2.14. The molecule has 3 aromatic rings. The van der Waals surface area contributed by atoms with Gasteiger partial charge in [-0.2, -0.15) is 0 Å². The van der Waals surface area contributed by atoms with E-state index >= 15 is 0 Å². The van der Waals surface area contributed by atoms with E-state index in [1.807, 2.05) is 12.1 Å². The molecule has 0 fully saturated rings. The molecule has 0 amide bonds. The minimum atomic E-state index is -0.368. The molecule has 28 heavy (non-hydrogen) atoms. The van der Waals surface area contributed by atoms with Crippen molar-refractivity contribution in [2.75, 3.05) is 28.4 Å². The third kappa shape index (κ3) is 3.98. The van der Waals surface area contributed by atoms with Crippen molar-refractivity contribution in [1.29, 1.82) is 0 Å². The average molecular weight is 386 g/mol. The Hall–Kier alpha value is -3.35. The molecule has 3 rings (SSSR count). The van der Waals surface area contributed by atoms with Crippen LogP contribution < -0.4 is 18.9 Å². The van der Waals surface area contributed by atoms with Crippen LogP contribution in [0.3, 0.4) is 0 Å². The maximum atomic E-state index is 12.3. The van der Waals surface area contributed by atoms with Gasteiger partial charge in [-0.15, -0.1) is 0 Å². The molecule has 0 spiro atoms. The van der Waals surface area contributed by atoms with Gasteiger partial charge in [0.1, 0.15) is 17.9 Å². The number of carbonyl (C=O) groups excluding carboxylic acids is 1. The van der Waals surface area contributed by atoms with Gasteiger partial charge in [0.2, 0.25) is 5.75 Å².